The van der Waals surface area contributed by atoms with Gasteiger partial charge in [0.05, 0.1) is 21.5 Å². The van der Waals surface area contributed by atoms with Gasteiger partial charge in [-0.1, -0.05) is 12.1 Å². The Bertz CT molecular complexity index is 1130. The fourth-order valence-electron chi connectivity index (χ4n) is 2.61. The molecule has 3 rings (SSSR count). The number of rotatable bonds is 5. The Morgan fingerprint density at radius 2 is 1.81 bits per heavy atom. The molecule has 0 aliphatic carbocycles. The smallest absolute Gasteiger partial charge is 0.335 e. The van der Waals surface area contributed by atoms with Crippen molar-refractivity contribution in [1.82, 2.24) is 9.55 Å². The summed E-state index contributed by atoms with van der Waals surface area (Å²) in [6, 6.07) is 10.2. The Morgan fingerprint density at radius 1 is 1.19 bits per heavy atom. The number of fused-ring (bicyclic) bond motifs is 1. The molecule has 1 heterocycles. The normalized spacial score (nSPS) is 11.6. The third-order valence-electron chi connectivity index (χ3n) is 4.06. The molecule has 0 fully saturated rings. The standard InChI is InChI=1S/C17H16N4O4S/c1-21-14-7-4-11(17(22)23)8-13(14)20-15(21)9-26(24,25)12-5-2-10(3-6-12)16(18)19/h2-8H,9H2,1H3,(H3,18,19)(H,22,23). The van der Waals surface area contributed by atoms with Gasteiger partial charge in [-0.05, 0) is 30.3 Å². The molecular weight excluding hydrogens is 356 g/mol. The van der Waals surface area contributed by atoms with Crippen LogP contribution in [-0.2, 0) is 22.6 Å². The van der Waals surface area contributed by atoms with Crippen LogP contribution >= 0.6 is 0 Å². The van der Waals surface area contributed by atoms with Crippen molar-refractivity contribution >= 4 is 32.7 Å². The van der Waals surface area contributed by atoms with Crippen LogP contribution in [0, 0.1) is 5.41 Å². The Hall–Kier alpha value is -3.20. The Balaban J connectivity index is 1.97. The second-order valence-electron chi connectivity index (χ2n) is 5.79. The lowest BCUT2D eigenvalue weighted by Gasteiger charge is -2.06. The molecule has 2 aromatic carbocycles. The van der Waals surface area contributed by atoms with Crippen molar-refractivity contribution in [3.05, 3.63) is 59.4 Å². The lowest BCUT2D eigenvalue weighted by atomic mass is 10.2. The third-order valence-corrected chi connectivity index (χ3v) is 5.69. The lowest BCUT2D eigenvalue weighted by molar-refractivity contribution is 0.0697. The van der Waals surface area contributed by atoms with Crippen molar-refractivity contribution in [3.8, 4) is 0 Å². The number of aromatic carboxylic acids is 1. The number of aromatic nitrogens is 2. The number of sulfone groups is 1. The molecule has 0 unspecified atom stereocenters. The number of benzene rings is 2. The van der Waals surface area contributed by atoms with Gasteiger partial charge in [-0.2, -0.15) is 0 Å². The van der Waals surface area contributed by atoms with Crippen molar-refractivity contribution in [2.24, 2.45) is 12.8 Å². The Labute approximate surface area is 149 Å². The number of amidine groups is 1. The van der Waals surface area contributed by atoms with E-state index < -0.39 is 15.8 Å². The van der Waals surface area contributed by atoms with E-state index in [0.717, 1.165) is 0 Å². The number of nitrogens with one attached hydrogen (secondary N) is 1. The summed E-state index contributed by atoms with van der Waals surface area (Å²) in [6.45, 7) is 0. The number of carbonyl (C=O) groups is 1. The molecule has 26 heavy (non-hydrogen) atoms. The number of carboxylic acids is 1. The largest absolute Gasteiger partial charge is 0.478 e. The highest BCUT2D eigenvalue weighted by atomic mass is 32.2. The molecule has 0 bridgehead atoms. The summed E-state index contributed by atoms with van der Waals surface area (Å²) in [5.41, 5.74) is 6.96. The molecule has 0 aliphatic rings. The maximum absolute atomic E-state index is 12.7. The number of carboxylic acid groups (broad SMARTS) is 1. The van der Waals surface area contributed by atoms with Gasteiger partial charge in [-0.3, -0.25) is 5.41 Å². The van der Waals surface area contributed by atoms with Crippen LogP contribution in [0.1, 0.15) is 21.7 Å². The van der Waals surface area contributed by atoms with Crippen molar-refractivity contribution < 1.29 is 18.3 Å². The first-order valence-corrected chi connectivity index (χ1v) is 9.20. The molecule has 4 N–H and O–H groups in total. The van der Waals surface area contributed by atoms with E-state index in [1.165, 1.54) is 36.4 Å². The molecule has 9 heteroatoms. The van der Waals surface area contributed by atoms with Gasteiger partial charge in [-0.15, -0.1) is 0 Å². The van der Waals surface area contributed by atoms with E-state index in [9.17, 15) is 13.2 Å². The fourth-order valence-corrected chi connectivity index (χ4v) is 3.92. The van der Waals surface area contributed by atoms with Crippen molar-refractivity contribution in [3.63, 3.8) is 0 Å². The highest BCUT2D eigenvalue weighted by Gasteiger charge is 2.20. The van der Waals surface area contributed by atoms with Crippen LogP contribution in [0.4, 0.5) is 0 Å². The SMILES string of the molecule is Cn1c(CS(=O)(=O)c2ccc(C(=N)N)cc2)nc2cc(C(=O)O)ccc21. The molecule has 3 aromatic rings. The minimum absolute atomic E-state index is 0.0878. The quantitative estimate of drug-likeness (QED) is 0.458. The second kappa shape index (κ2) is 6.26. The van der Waals surface area contributed by atoms with Gasteiger partial charge in [0.25, 0.3) is 0 Å². The molecule has 0 saturated carbocycles. The van der Waals surface area contributed by atoms with Gasteiger partial charge >= 0.3 is 5.97 Å². The maximum atomic E-state index is 12.7. The van der Waals surface area contributed by atoms with Crippen LogP contribution in [0.3, 0.4) is 0 Å². The van der Waals surface area contributed by atoms with Gasteiger partial charge in [0.1, 0.15) is 17.4 Å². The number of imidazole rings is 1. The molecule has 0 aliphatic heterocycles. The maximum Gasteiger partial charge on any atom is 0.335 e. The second-order valence-corrected chi connectivity index (χ2v) is 7.78. The van der Waals surface area contributed by atoms with E-state index in [-0.39, 0.29) is 22.0 Å². The van der Waals surface area contributed by atoms with Crippen molar-refractivity contribution in [2.75, 3.05) is 0 Å². The van der Waals surface area contributed by atoms with Gasteiger partial charge in [0.2, 0.25) is 0 Å². The zero-order chi connectivity index (χ0) is 19.1. The van der Waals surface area contributed by atoms with Crippen molar-refractivity contribution in [1.29, 1.82) is 5.41 Å². The molecular formula is C17H16N4O4S. The average molecular weight is 372 g/mol. The summed E-state index contributed by atoms with van der Waals surface area (Å²) < 4.78 is 26.9. The summed E-state index contributed by atoms with van der Waals surface area (Å²) in [6.07, 6.45) is 0. The third kappa shape index (κ3) is 3.16. The predicted octanol–water partition coefficient (Wildman–Crippen LogP) is 1.53. The molecule has 8 nitrogen and oxygen atoms in total. The number of aryl methyl sites for hydroxylation is 1. The molecule has 0 amide bonds. The number of hydrogen-bond acceptors (Lipinski definition) is 5. The fraction of sp³-hybridized carbons (Fsp3) is 0.118. The predicted molar refractivity (Wildman–Crippen MR) is 96.0 cm³/mol. The van der Waals surface area contributed by atoms with Gasteiger partial charge in [0.15, 0.2) is 9.84 Å². The first-order valence-electron chi connectivity index (χ1n) is 7.55. The summed E-state index contributed by atoms with van der Waals surface area (Å²) in [5.74, 6) is -1.24. The zero-order valence-corrected chi connectivity index (χ0v) is 14.6. The summed E-state index contributed by atoms with van der Waals surface area (Å²) in [4.78, 5) is 15.4. The van der Waals surface area contributed by atoms with E-state index in [1.807, 2.05) is 0 Å². The minimum atomic E-state index is -3.66. The van der Waals surface area contributed by atoms with E-state index in [0.29, 0.717) is 22.4 Å². The van der Waals surface area contributed by atoms with E-state index in [1.54, 1.807) is 17.7 Å². The van der Waals surface area contributed by atoms with Crippen LogP contribution in [-0.4, -0.2) is 34.9 Å². The molecule has 1 aromatic heterocycles. The van der Waals surface area contributed by atoms with Gasteiger partial charge in [-0.25, -0.2) is 18.2 Å². The number of nitrogens with two attached hydrogens (primary N) is 1. The highest BCUT2D eigenvalue weighted by molar-refractivity contribution is 7.90. The van der Waals surface area contributed by atoms with Crippen LogP contribution in [0.5, 0.6) is 0 Å². The van der Waals surface area contributed by atoms with Gasteiger partial charge in [0, 0.05) is 12.6 Å². The molecule has 0 radical (unpaired) electrons. The number of nitrogen functional groups attached to an aromatic ring is 1. The van der Waals surface area contributed by atoms with Crippen LogP contribution in [0.15, 0.2) is 47.4 Å². The Morgan fingerprint density at radius 3 is 2.38 bits per heavy atom. The molecule has 0 atom stereocenters. The summed E-state index contributed by atoms with van der Waals surface area (Å²) >= 11 is 0. The first kappa shape index (κ1) is 17.6. The molecule has 134 valence electrons. The zero-order valence-electron chi connectivity index (χ0n) is 13.8. The lowest BCUT2D eigenvalue weighted by Crippen LogP contribution is -2.12. The van der Waals surface area contributed by atoms with E-state index in [2.05, 4.69) is 4.98 Å². The van der Waals surface area contributed by atoms with Gasteiger partial charge < -0.3 is 15.4 Å². The number of nitrogens with zero attached hydrogens (tertiary/aromatic N) is 2. The van der Waals surface area contributed by atoms with Crippen LogP contribution in [0.2, 0.25) is 0 Å². The highest BCUT2D eigenvalue weighted by Crippen LogP contribution is 2.21. The Kier molecular flexibility index (Phi) is 4.25. The molecule has 0 saturated heterocycles. The van der Waals surface area contributed by atoms with Crippen LogP contribution in [0.25, 0.3) is 11.0 Å². The first-order chi connectivity index (χ1) is 12.2. The van der Waals surface area contributed by atoms with E-state index >= 15 is 0 Å². The summed E-state index contributed by atoms with van der Waals surface area (Å²) in [5, 5.41) is 16.4. The topological polar surface area (TPSA) is 139 Å². The molecule has 0 spiro atoms. The monoisotopic (exact) mass is 372 g/mol. The average Bonchev–Trinajstić information content (AvgIpc) is 2.89. The summed E-state index contributed by atoms with van der Waals surface area (Å²) in [7, 11) is -1.98. The van der Waals surface area contributed by atoms with Crippen molar-refractivity contribution in [2.45, 2.75) is 10.6 Å². The van der Waals surface area contributed by atoms with Crippen LogP contribution < -0.4 is 5.73 Å². The minimum Gasteiger partial charge on any atom is -0.478 e. The van der Waals surface area contributed by atoms with E-state index in [4.69, 9.17) is 16.2 Å². The number of hydrogen-bond donors (Lipinski definition) is 3.